The molecule has 0 saturated heterocycles. The summed E-state index contributed by atoms with van der Waals surface area (Å²) in [5, 5.41) is 0. The fourth-order valence-corrected chi connectivity index (χ4v) is 1.18. The molecule has 0 heterocycles. The van der Waals surface area contributed by atoms with E-state index in [1.165, 1.54) is 11.1 Å². The molecule has 0 unspecified atom stereocenters. The molecule has 0 bridgehead atoms. The van der Waals surface area contributed by atoms with Crippen molar-refractivity contribution >= 4 is 23.1 Å². The molecule has 0 aromatic heterocycles. The summed E-state index contributed by atoms with van der Waals surface area (Å²) < 4.78 is 0. The highest BCUT2D eigenvalue weighted by Gasteiger charge is 1.76. The molecular formula is C21H28Si. The lowest BCUT2D eigenvalue weighted by atomic mass is 10.2. The predicted molar refractivity (Wildman–Crippen MR) is 109 cm³/mol. The zero-order valence-electron chi connectivity index (χ0n) is 12.8. The van der Waals surface area contributed by atoms with Crippen molar-refractivity contribution < 1.29 is 0 Å². The summed E-state index contributed by atoms with van der Waals surface area (Å²) in [7, 11) is 0. The maximum absolute atomic E-state index is 3.63. The second kappa shape index (κ2) is 15.0. The van der Waals surface area contributed by atoms with Crippen molar-refractivity contribution in [3.05, 3.63) is 110 Å². The van der Waals surface area contributed by atoms with Gasteiger partial charge >= 0.3 is 0 Å². The van der Waals surface area contributed by atoms with Crippen molar-refractivity contribution in [1.82, 2.24) is 0 Å². The Morgan fingerprint density at radius 3 is 1.14 bits per heavy atom. The van der Waals surface area contributed by atoms with E-state index >= 15 is 0 Å². The van der Waals surface area contributed by atoms with Crippen LogP contribution in [0.15, 0.2) is 98.6 Å². The van der Waals surface area contributed by atoms with Crippen LogP contribution in [0.25, 0.3) is 12.2 Å². The summed E-state index contributed by atoms with van der Waals surface area (Å²) >= 11 is 0. The quantitative estimate of drug-likeness (QED) is 0.555. The van der Waals surface area contributed by atoms with Gasteiger partial charge in [0, 0.05) is 0 Å². The zero-order valence-corrected chi connectivity index (χ0v) is 12.8. The molecule has 0 amide bonds. The molecule has 0 nitrogen and oxygen atoms in total. The van der Waals surface area contributed by atoms with Gasteiger partial charge in [0.05, 0.1) is 0 Å². The molecule has 0 aliphatic rings. The lowest BCUT2D eigenvalue weighted by Crippen LogP contribution is -1.63. The fraction of sp³-hybridized carbons (Fsp3) is 0.0476. The molecule has 0 N–H and O–H groups in total. The topological polar surface area (TPSA) is 0 Å². The largest absolute Gasteiger partial charge is 0.0988 e. The Labute approximate surface area is 140 Å². The molecule has 0 spiro atoms. The minimum absolute atomic E-state index is 0. The van der Waals surface area contributed by atoms with Crippen molar-refractivity contribution in [2.24, 2.45) is 0 Å². The summed E-state index contributed by atoms with van der Waals surface area (Å²) in [5.41, 5.74) is 3.37. The minimum atomic E-state index is 0. The van der Waals surface area contributed by atoms with E-state index in [9.17, 15) is 0 Å². The van der Waals surface area contributed by atoms with Gasteiger partial charge in [-0.2, -0.15) is 0 Å². The molecule has 0 radical (unpaired) electrons. The molecule has 0 aliphatic heterocycles. The number of rotatable bonds is 3. The Kier molecular flexibility index (Phi) is 15.0. The molecule has 0 saturated carbocycles. The highest BCUT2D eigenvalue weighted by atomic mass is 28.1. The molecule has 2 aromatic carbocycles. The first-order valence-electron chi connectivity index (χ1n) is 6.77. The van der Waals surface area contributed by atoms with E-state index in [1.807, 2.05) is 79.7 Å². The standard InChI is InChI=1S/2C8H8.C5H8.H4Si/c2*1-2-8-6-4-3-5-7-8;1-4-5(2)3;/h2*2-7H,1H2;4H,1-2H2,3H3;1H4. The molecule has 116 valence electrons. The Bertz CT molecular complexity index is 495. The van der Waals surface area contributed by atoms with Crippen LogP contribution in [0.2, 0.25) is 0 Å². The van der Waals surface area contributed by atoms with Gasteiger partial charge in [-0.15, -0.1) is 0 Å². The maximum Gasteiger partial charge on any atom is -0.0149 e. The predicted octanol–water partition coefficient (Wildman–Crippen LogP) is 4.96. The van der Waals surface area contributed by atoms with Crippen LogP contribution in [-0.2, 0) is 0 Å². The van der Waals surface area contributed by atoms with Gasteiger partial charge in [-0.1, -0.05) is 111 Å². The van der Waals surface area contributed by atoms with E-state index in [0.29, 0.717) is 0 Å². The Morgan fingerprint density at radius 2 is 1.00 bits per heavy atom. The summed E-state index contributed by atoms with van der Waals surface area (Å²) in [6, 6.07) is 20.1. The third-order valence-electron chi connectivity index (χ3n) is 2.42. The molecule has 22 heavy (non-hydrogen) atoms. The lowest BCUT2D eigenvalue weighted by Gasteiger charge is -1.85. The summed E-state index contributed by atoms with van der Waals surface area (Å²) in [6.07, 6.45) is 5.39. The fourth-order valence-electron chi connectivity index (χ4n) is 1.18. The van der Waals surface area contributed by atoms with Crippen LogP contribution in [-0.4, -0.2) is 11.0 Å². The SMILES string of the molecule is C=CC(=C)C.C=Cc1ccccc1.C=Cc1ccccc1.[SiH4]. The van der Waals surface area contributed by atoms with E-state index in [1.54, 1.807) is 6.08 Å². The molecule has 1 heteroatoms. The third kappa shape index (κ3) is 12.6. The van der Waals surface area contributed by atoms with Crippen molar-refractivity contribution in [2.75, 3.05) is 0 Å². The van der Waals surface area contributed by atoms with Crippen LogP contribution in [0.3, 0.4) is 0 Å². The van der Waals surface area contributed by atoms with Crippen LogP contribution < -0.4 is 0 Å². The van der Waals surface area contributed by atoms with Crippen molar-refractivity contribution in [2.45, 2.75) is 6.92 Å². The van der Waals surface area contributed by atoms with Gasteiger partial charge in [-0.05, 0) is 29.0 Å². The molecule has 0 aliphatic carbocycles. The first-order valence-corrected chi connectivity index (χ1v) is 6.77. The van der Waals surface area contributed by atoms with Gasteiger partial charge < -0.3 is 0 Å². The first kappa shape index (κ1) is 21.9. The van der Waals surface area contributed by atoms with Crippen LogP contribution in [0, 0.1) is 0 Å². The molecule has 0 fully saturated rings. The highest BCUT2D eigenvalue weighted by Crippen LogP contribution is 1.98. The van der Waals surface area contributed by atoms with Crippen LogP contribution in [0.4, 0.5) is 0 Å². The average Bonchev–Trinajstić information content (AvgIpc) is 2.57. The van der Waals surface area contributed by atoms with E-state index in [2.05, 4.69) is 26.3 Å². The van der Waals surface area contributed by atoms with Gasteiger partial charge in [-0.3, -0.25) is 0 Å². The Morgan fingerprint density at radius 1 is 0.727 bits per heavy atom. The van der Waals surface area contributed by atoms with Crippen molar-refractivity contribution in [3.63, 3.8) is 0 Å². The monoisotopic (exact) mass is 308 g/mol. The van der Waals surface area contributed by atoms with Crippen LogP contribution in [0.5, 0.6) is 0 Å². The maximum atomic E-state index is 3.63. The minimum Gasteiger partial charge on any atom is -0.0988 e. The van der Waals surface area contributed by atoms with Gasteiger partial charge in [0.25, 0.3) is 0 Å². The van der Waals surface area contributed by atoms with Crippen molar-refractivity contribution in [1.29, 1.82) is 0 Å². The summed E-state index contributed by atoms with van der Waals surface area (Å²) in [4.78, 5) is 0. The van der Waals surface area contributed by atoms with Gasteiger partial charge in [-0.25, -0.2) is 0 Å². The van der Waals surface area contributed by atoms with E-state index in [4.69, 9.17) is 0 Å². The van der Waals surface area contributed by atoms with Crippen molar-refractivity contribution in [3.8, 4) is 0 Å². The van der Waals surface area contributed by atoms with Crippen LogP contribution >= 0.6 is 0 Å². The Balaban J connectivity index is 0. The zero-order chi connectivity index (χ0) is 15.9. The molecule has 2 aromatic rings. The summed E-state index contributed by atoms with van der Waals surface area (Å²) in [5.74, 6) is 0. The smallest absolute Gasteiger partial charge is 0.0149 e. The normalized spacial score (nSPS) is 7.68. The lowest BCUT2D eigenvalue weighted by molar-refractivity contribution is 1.58. The van der Waals surface area contributed by atoms with E-state index < -0.39 is 0 Å². The van der Waals surface area contributed by atoms with Gasteiger partial charge in [0.1, 0.15) is 0 Å². The van der Waals surface area contributed by atoms with E-state index in [0.717, 1.165) is 5.57 Å². The molecule has 0 atom stereocenters. The first-order chi connectivity index (χ1) is 10.1. The highest BCUT2D eigenvalue weighted by molar-refractivity contribution is 5.75. The summed E-state index contributed by atoms with van der Waals surface area (Å²) in [6.45, 7) is 16.2. The second-order valence-corrected chi connectivity index (χ2v) is 4.28. The van der Waals surface area contributed by atoms with E-state index in [-0.39, 0.29) is 11.0 Å². The molecular weight excluding hydrogens is 280 g/mol. The third-order valence-corrected chi connectivity index (χ3v) is 2.42. The number of hydrogen-bond acceptors (Lipinski definition) is 0. The second-order valence-electron chi connectivity index (χ2n) is 4.28. The number of allylic oxidation sites excluding steroid dienone is 2. The van der Waals surface area contributed by atoms with Gasteiger partial charge in [0.2, 0.25) is 0 Å². The Hall–Kier alpha value is -2.38. The van der Waals surface area contributed by atoms with Gasteiger partial charge in [0.15, 0.2) is 0 Å². The van der Waals surface area contributed by atoms with Crippen LogP contribution in [0.1, 0.15) is 18.1 Å². The number of hydrogen-bond donors (Lipinski definition) is 0. The molecule has 2 rings (SSSR count). The average molecular weight is 309 g/mol. The number of benzene rings is 2.